The molecular weight excluding hydrogens is 202 g/mol. The molecule has 1 N–H and O–H groups in total. The van der Waals surface area contributed by atoms with Crippen molar-refractivity contribution in [3.05, 3.63) is 21.9 Å². The number of thiophene rings is 1. The molecule has 0 amide bonds. The Morgan fingerprint density at radius 3 is 2.60 bits per heavy atom. The second kappa shape index (κ2) is 7.02. The third-order valence-electron chi connectivity index (χ3n) is 2.53. The van der Waals surface area contributed by atoms with Crippen molar-refractivity contribution in [3.8, 4) is 0 Å². The van der Waals surface area contributed by atoms with E-state index in [1.165, 1.54) is 29.0 Å². The lowest BCUT2D eigenvalue weighted by Gasteiger charge is -2.10. The molecule has 86 valence electrons. The molecule has 0 saturated carbocycles. The van der Waals surface area contributed by atoms with Gasteiger partial charge in [-0.15, -0.1) is 11.3 Å². The zero-order chi connectivity index (χ0) is 11.1. The van der Waals surface area contributed by atoms with Gasteiger partial charge in [0, 0.05) is 9.75 Å². The lowest BCUT2D eigenvalue weighted by atomic mass is 10.1. The van der Waals surface area contributed by atoms with Crippen molar-refractivity contribution in [2.24, 2.45) is 5.92 Å². The smallest absolute Gasteiger partial charge is 0.00513 e. The van der Waals surface area contributed by atoms with Crippen LogP contribution in [0, 0.1) is 5.92 Å². The molecule has 0 radical (unpaired) electrons. The standard InChI is InChI=1S/C13H23NS/c1-4-8-14-10-11(3)9-13-7-6-12(5-2)15-13/h6-7,11,14H,4-5,8-10H2,1-3H3. The largest absolute Gasteiger partial charge is 0.316 e. The minimum Gasteiger partial charge on any atom is -0.316 e. The first-order valence-corrected chi connectivity index (χ1v) is 6.86. The average Bonchev–Trinajstić information content (AvgIpc) is 2.66. The molecule has 1 atom stereocenters. The van der Waals surface area contributed by atoms with E-state index in [0.29, 0.717) is 0 Å². The Balaban J connectivity index is 2.27. The quantitative estimate of drug-likeness (QED) is 0.700. The zero-order valence-corrected chi connectivity index (χ0v) is 11.0. The van der Waals surface area contributed by atoms with Crippen LogP contribution < -0.4 is 5.32 Å². The Morgan fingerprint density at radius 1 is 1.27 bits per heavy atom. The van der Waals surface area contributed by atoms with Gasteiger partial charge in [0.1, 0.15) is 0 Å². The lowest BCUT2D eigenvalue weighted by molar-refractivity contribution is 0.513. The molecular formula is C13H23NS. The summed E-state index contributed by atoms with van der Waals surface area (Å²) in [7, 11) is 0. The Bertz CT molecular complexity index is 267. The fourth-order valence-electron chi connectivity index (χ4n) is 1.66. The second-order valence-electron chi connectivity index (χ2n) is 4.23. The van der Waals surface area contributed by atoms with Crippen molar-refractivity contribution in [1.82, 2.24) is 5.32 Å². The predicted octanol–water partition coefficient (Wildman–Crippen LogP) is 3.49. The van der Waals surface area contributed by atoms with Gasteiger partial charge in [-0.2, -0.15) is 0 Å². The summed E-state index contributed by atoms with van der Waals surface area (Å²) in [4.78, 5) is 3.05. The Hall–Kier alpha value is -0.340. The summed E-state index contributed by atoms with van der Waals surface area (Å²) in [5.41, 5.74) is 0. The summed E-state index contributed by atoms with van der Waals surface area (Å²) in [6.45, 7) is 9.06. The molecule has 0 spiro atoms. The number of nitrogens with one attached hydrogen (secondary N) is 1. The Labute approximate surface area is 97.9 Å². The van der Waals surface area contributed by atoms with E-state index in [0.717, 1.165) is 19.0 Å². The van der Waals surface area contributed by atoms with Crippen LogP contribution in [0.2, 0.25) is 0 Å². The Kier molecular flexibility index (Phi) is 5.96. The SMILES string of the molecule is CCCNCC(C)Cc1ccc(CC)s1. The highest BCUT2D eigenvalue weighted by molar-refractivity contribution is 7.11. The maximum Gasteiger partial charge on any atom is 0.00513 e. The monoisotopic (exact) mass is 225 g/mol. The van der Waals surface area contributed by atoms with Crippen molar-refractivity contribution in [2.75, 3.05) is 13.1 Å². The highest BCUT2D eigenvalue weighted by Crippen LogP contribution is 2.19. The average molecular weight is 225 g/mol. The van der Waals surface area contributed by atoms with E-state index in [2.05, 4.69) is 38.2 Å². The summed E-state index contributed by atoms with van der Waals surface area (Å²) >= 11 is 1.97. The van der Waals surface area contributed by atoms with E-state index >= 15 is 0 Å². The van der Waals surface area contributed by atoms with Crippen LogP contribution in [0.3, 0.4) is 0 Å². The van der Waals surface area contributed by atoms with Crippen molar-refractivity contribution in [3.63, 3.8) is 0 Å². The third-order valence-corrected chi connectivity index (χ3v) is 3.79. The van der Waals surface area contributed by atoms with Gasteiger partial charge >= 0.3 is 0 Å². The van der Waals surface area contributed by atoms with Gasteiger partial charge in [0.05, 0.1) is 0 Å². The zero-order valence-electron chi connectivity index (χ0n) is 10.2. The van der Waals surface area contributed by atoms with Gasteiger partial charge in [0.2, 0.25) is 0 Å². The fourth-order valence-corrected chi connectivity index (χ4v) is 2.78. The molecule has 1 nitrogen and oxygen atoms in total. The van der Waals surface area contributed by atoms with Crippen LogP contribution in [0.5, 0.6) is 0 Å². The molecule has 1 heterocycles. The van der Waals surface area contributed by atoms with Crippen LogP contribution in [0.4, 0.5) is 0 Å². The Morgan fingerprint density at radius 2 is 2.00 bits per heavy atom. The molecule has 0 fully saturated rings. The van der Waals surface area contributed by atoms with E-state index < -0.39 is 0 Å². The second-order valence-corrected chi connectivity index (χ2v) is 5.49. The van der Waals surface area contributed by atoms with E-state index in [1.54, 1.807) is 0 Å². The van der Waals surface area contributed by atoms with Crippen molar-refractivity contribution >= 4 is 11.3 Å². The first-order chi connectivity index (χ1) is 7.26. The molecule has 15 heavy (non-hydrogen) atoms. The van der Waals surface area contributed by atoms with Crippen LogP contribution in [-0.4, -0.2) is 13.1 Å². The molecule has 0 aromatic carbocycles. The number of rotatable bonds is 7. The first kappa shape index (κ1) is 12.7. The summed E-state index contributed by atoms with van der Waals surface area (Å²) in [5.74, 6) is 0.750. The predicted molar refractivity (Wildman–Crippen MR) is 69.7 cm³/mol. The van der Waals surface area contributed by atoms with E-state index in [-0.39, 0.29) is 0 Å². The molecule has 0 bridgehead atoms. The highest BCUT2D eigenvalue weighted by atomic mass is 32.1. The van der Waals surface area contributed by atoms with E-state index in [1.807, 2.05) is 11.3 Å². The molecule has 0 aliphatic carbocycles. The normalized spacial score (nSPS) is 13.0. The minimum atomic E-state index is 0.750. The van der Waals surface area contributed by atoms with Gasteiger partial charge in [0.15, 0.2) is 0 Å². The summed E-state index contributed by atoms with van der Waals surface area (Å²) in [6, 6.07) is 4.56. The van der Waals surface area contributed by atoms with Crippen LogP contribution >= 0.6 is 11.3 Å². The first-order valence-electron chi connectivity index (χ1n) is 6.04. The van der Waals surface area contributed by atoms with Crippen LogP contribution in [-0.2, 0) is 12.8 Å². The van der Waals surface area contributed by atoms with E-state index in [9.17, 15) is 0 Å². The molecule has 1 rings (SSSR count). The summed E-state index contributed by atoms with van der Waals surface area (Å²) < 4.78 is 0. The van der Waals surface area contributed by atoms with Crippen molar-refractivity contribution < 1.29 is 0 Å². The van der Waals surface area contributed by atoms with Gasteiger partial charge in [-0.1, -0.05) is 20.8 Å². The maximum absolute atomic E-state index is 3.48. The lowest BCUT2D eigenvalue weighted by Crippen LogP contribution is -2.22. The van der Waals surface area contributed by atoms with Crippen LogP contribution in [0.15, 0.2) is 12.1 Å². The number of aryl methyl sites for hydroxylation is 1. The van der Waals surface area contributed by atoms with Crippen LogP contribution in [0.25, 0.3) is 0 Å². The van der Waals surface area contributed by atoms with Gasteiger partial charge < -0.3 is 5.32 Å². The molecule has 0 aliphatic rings. The van der Waals surface area contributed by atoms with Crippen molar-refractivity contribution in [1.29, 1.82) is 0 Å². The highest BCUT2D eigenvalue weighted by Gasteiger charge is 2.05. The number of hydrogen-bond donors (Lipinski definition) is 1. The molecule has 1 aromatic rings. The molecule has 1 unspecified atom stereocenters. The topological polar surface area (TPSA) is 12.0 Å². The van der Waals surface area contributed by atoms with Gasteiger partial charge in [-0.25, -0.2) is 0 Å². The fraction of sp³-hybridized carbons (Fsp3) is 0.692. The van der Waals surface area contributed by atoms with Gasteiger partial charge in [-0.05, 0) is 50.4 Å². The summed E-state index contributed by atoms with van der Waals surface area (Å²) in [6.07, 6.45) is 3.63. The van der Waals surface area contributed by atoms with Crippen LogP contribution in [0.1, 0.15) is 36.9 Å². The number of hydrogen-bond acceptors (Lipinski definition) is 2. The molecule has 0 saturated heterocycles. The molecule has 1 aromatic heterocycles. The minimum absolute atomic E-state index is 0.750. The maximum atomic E-state index is 3.48. The third kappa shape index (κ3) is 4.80. The van der Waals surface area contributed by atoms with Gasteiger partial charge in [-0.3, -0.25) is 0 Å². The summed E-state index contributed by atoms with van der Waals surface area (Å²) in [5, 5.41) is 3.48. The van der Waals surface area contributed by atoms with E-state index in [4.69, 9.17) is 0 Å². The molecule has 2 heteroatoms. The molecule has 0 aliphatic heterocycles. The van der Waals surface area contributed by atoms with Crippen molar-refractivity contribution in [2.45, 2.75) is 40.0 Å². The van der Waals surface area contributed by atoms with Gasteiger partial charge in [0.25, 0.3) is 0 Å².